The summed E-state index contributed by atoms with van der Waals surface area (Å²) in [6, 6.07) is 13.2. The van der Waals surface area contributed by atoms with Crippen molar-refractivity contribution in [3.05, 3.63) is 72.7 Å². The summed E-state index contributed by atoms with van der Waals surface area (Å²) in [5, 5.41) is 0.642. The van der Waals surface area contributed by atoms with Crippen LogP contribution in [-0.4, -0.2) is 18.0 Å². The average Bonchev–Trinajstić information content (AvgIpc) is 3.26. The molecule has 0 bridgehead atoms. The van der Waals surface area contributed by atoms with Crippen LogP contribution in [0.1, 0.15) is 5.56 Å². The molecule has 1 aromatic heterocycles. The van der Waals surface area contributed by atoms with Gasteiger partial charge in [0.2, 0.25) is 6.79 Å². The van der Waals surface area contributed by atoms with Crippen molar-refractivity contribution < 1.29 is 9.47 Å². The third-order valence-electron chi connectivity index (χ3n) is 4.44. The van der Waals surface area contributed by atoms with Crippen molar-refractivity contribution in [2.24, 2.45) is 4.99 Å². The Morgan fingerprint density at radius 1 is 1.15 bits per heavy atom. The van der Waals surface area contributed by atoms with Crippen molar-refractivity contribution in [3.63, 3.8) is 0 Å². The predicted molar refractivity (Wildman–Crippen MR) is 104 cm³/mol. The minimum absolute atomic E-state index is 0.0517. The highest BCUT2D eigenvalue weighted by Crippen LogP contribution is 2.35. The quantitative estimate of drug-likeness (QED) is 0.662. The van der Waals surface area contributed by atoms with Crippen molar-refractivity contribution in [1.82, 2.24) is 4.57 Å². The van der Waals surface area contributed by atoms with Crippen molar-refractivity contribution in [2.45, 2.75) is 6.67 Å². The van der Waals surface area contributed by atoms with Crippen LogP contribution in [0, 0.1) is 0 Å². The monoisotopic (exact) mass is 399 g/mol. The summed E-state index contributed by atoms with van der Waals surface area (Å²) >= 11 is 7.43. The van der Waals surface area contributed by atoms with Crippen LogP contribution in [0.2, 0.25) is 5.02 Å². The molecule has 8 heteroatoms. The standard InChI is InChI=1S/C19H14ClN3O3S/c20-13-3-1-2-12(6-13)7-17-18(24)23-10-22(9-21-19(23)27-17)14-4-5-15-16(8-14)26-11-25-15/h1-8H,9-11H2. The topological polar surface area (TPSA) is 56.1 Å². The van der Waals surface area contributed by atoms with E-state index < -0.39 is 0 Å². The number of aromatic nitrogens is 1. The number of rotatable bonds is 2. The lowest BCUT2D eigenvalue weighted by Gasteiger charge is -2.25. The van der Waals surface area contributed by atoms with Crippen LogP contribution < -0.4 is 29.3 Å². The molecule has 27 heavy (non-hydrogen) atoms. The largest absolute Gasteiger partial charge is 0.454 e. The van der Waals surface area contributed by atoms with Gasteiger partial charge in [-0.1, -0.05) is 35.1 Å². The Balaban J connectivity index is 1.50. The molecule has 3 heterocycles. The molecule has 6 nitrogen and oxygen atoms in total. The number of benzene rings is 2. The van der Waals surface area contributed by atoms with Gasteiger partial charge in [-0.2, -0.15) is 0 Å². The summed E-state index contributed by atoms with van der Waals surface area (Å²) in [4.78, 5) is 20.2. The molecule has 0 amide bonds. The minimum Gasteiger partial charge on any atom is -0.454 e. The van der Waals surface area contributed by atoms with E-state index in [1.807, 2.05) is 53.4 Å². The predicted octanol–water partition coefficient (Wildman–Crippen LogP) is 2.18. The van der Waals surface area contributed by atoms with E-state index in [4.69, 9.17) is 21.1 Å². The van der Waals surface area contributed by atoms with Gasteiger partial charge in [-0.3, -0.25) is 9.36 Å². The second-order valence-corrected chi connectivity index (χ2v) is 7.65. The van der Waals surface area contributed by atoms with Crippen LogP contribution in [0.5, 0.6) is 11.5 Å². The summed E-state index contributed by atoms with van der Waals surface area (Å²) in [7, 11) is 0. The Morgan fingerprint density at radius 3 is 2.93 bits per heavy atom. The van der Waals surface area contributed by atoms with Crippen molar-refractivity contribution in [3.8, 4) is 11.5 Å². The molecule has 136 valence electrons. The van der Waals surface area contributed by atoms with Crippen LogP contribution in [0.4, 0.5) is 5.69 Å². The van der Waals surface area contributed by atoms with E-state index in [9.17, 15) is 4.79 Å². The zero-order valence-corrected chi connectivity index (χ0v) is 15.7. The van der Waals surface area contributed by atoms with E-state index in [1.54, 1.807) is 4.57 Å². The minimum atomic E-state index is -0.0517. The van der Waals surface area contributed by atoms with Crippen LogP contribution >= 0.6 is 22.9 Å². The highest BCUT2D eigenvalue weighted by atomic mass is 35.5. The second kappa shape index (κ2) is 6.44. The normalized spacial score (nSPS) is 15.6. The number of anilines is 1. The molecule has 0 N–H and O–H groups in total. The van der Waals surface area contributed by atoms with Crippen LogP contribution in [0.25, 0.3) is 6.08 Å². The smallest absolute Gasteiger partial charge is 0.271 e. The molecule has 0 fully saturated rings. The first kappa shape index (κ1) is 16.4. The van der Waals surface area contributed by atoms with Gasteiger partial charge in [-0.15, -0.1) is 0 Å². The Kier molecular flexibility index (Phi) is 3.91. The maximum Gasteiger partial charge on any atom is 0.271 e. The van der Waals surface area contributed by atoms with Gasteiger partial charge in [0.15, 0.2) is 16.3 Å². The summed E-state index contributed by atoms with van der Waals surface area (Å²) in [5.41, 5.74) is 1.78. The molecule has 3 aromatic rings. The van der Waals surface area contributed by atoms with Crippen LogP contribution in [0.3, 0.4) is 0 Å². The molecule has 5 rings (SSSR count). The first-order valence-electron chi connectivity index (χ1n) is 8.33. The average molecular weight is 400 g/mol. The number of hydrogen-bond donors (Lipinski definition) is 0. The Morgan fingerprint density at radius 2 is 2.04 bits per heavy atom. The van der Waals surface area contributed by atoms with E-state index in [-0.39, 0.29) is 12.4 Å². The summed E-state index contributed by atoms with van der Waals surface area (Å²) in [5.74, 6) is 1.45. The van der Waals surface area contributed by atoms with E-state index in [0.29, 0.717) is 28.6 Å². The third-order valence-corrected chi connectivity index (χ3v) is 5.72. The summed E-state index contributed by atoms with van der Waals surface area (Å²) in [6.45, 7) is 1.16. The van der Waals surface area contributed by atoms with E-state index in [2.05, 4.69) is 4.99 Å². The van der Waals surface area contributed by atoms with Gasteiger partial charge in [0.05, 0.1) is 4.53 Å². The molecule has 2 aromatic carbocycles. The summed E-state index contributed by atoms with van der Waals surface area (Å²) < 4.78 is 13.1. The maximum atomic E-state index is 12.8. The first-order valence-corrected chi connectivity index (χ1v) is 9.53. The molecule has 2 aliphatic rings. The number of nitrogens with zero attached hydrogens (tertiary/aromatic N) is 3. The van der Waals surface area contributed by atoms with Gasteiger partial charge in [0.25, 0.3) is 5.56 Å². The van der Waals surface area contributed by atoms with Crippen LogP contribution in [-0.2, 0) is 6.67 Å². The fourth-order valence-corrected chi connectivity index (χ4v) is 4.27. The highest BCUT2D eigenvalue weighted by Gasteiger charge is 2.19. The zero-order chi connectivity index (χ0) is 18.4. The Bertz CT molecular complexity index is 1220. The number of thiazole rings is 1. The van der Waals surface area contributed by atoms with Gasteiger partial charge in [-0.05, 0) is 35.9 Å². The van der Waals surface area contributed by atoms with Gasteiger partial charge < -0.3 is 14.4 Å². The molecular weight excluding hydrogens is 386 g/mol. The van der Waals surface area contributed by atoms with Crippen molar-refractivity contribution in [2.75, 3.05) is 18.4 Å². The molecule has 0 saturated heterocycles. The Labute approximate surface area is 163 Å². The molecule has 0 atom stereocenters. The van der Waals surface area contributed by atoms with Crippen molar-refractivity contribution in [1.29, 1.82) is 0 Å². The lowest BCUT2D eigenvalue weighted by Crippen LogP contribution is -2.42. The zero-order valence-electron chi connectivity index (χ0n) is 14.1. The number of fused-ring (bicyclic) bond motifs is 2. The molecule has 0 radical (unpaired) electrons. The summed E-state index contributed by atoms with van der Waals surface area (Å²) in [6.07, 6.45) is 1.85. The maximum absolute atomic E-state index is 12.8. The number of halogens is 1. The molecule has 0 saturated carbocycles. The molecule has 0 spiro atoms. The molecular formula is C19H14ClN3O3S. The fourth-order valence-electron chi connectivity index (χ4n) is 3.10. The number of ether oxygens (including phenoxy) is 2. The number of hydrogen-bond acceptors (Lipinski definition) is 6. The fraction of sp³-hybridized carbons (Fsp3) is 0.158. The highest BCUT2D eigenvalue weighted by molar-refractivity contribution is 7.07. The van der Waals surface area contributed by atoms with Gasteiger partial charge in [-0.25, -0.2) is 4.99 Å². The van der Waals surface area contributed by atoms with E-state index in [1.165, 1.54) is 11.3 Å². The van der Waals surface area contributed by atoms with Crippen molar-refractivity contribution >= 4 is 34.7 Å². The second-order valence-electron chi connectivity index (χ2n) is 6.20. The molecule has 0 aliphatic carbocycles. The SMILES string of the molecule is O=c1c(=Cc2cccc(Cl)c2)sc2n1CN(c1ccc3c(c1)OCO3)CN=2. The van der Waals surface area contributed by atoms with Gasteiger partial charge >= 0.3 is 0 Å². The third kappa shape index (κ3) is 2.98. The van der Waals surface area contributed by atoms with Gasteiger partial charge in [0, 0.05) is 16.8 Å². The lowest BCUT2D eigenvalue weighted by molar-refractivity contribution is 0.174. The first-order chi connectivity index (χ1) is 13.2. The van der Waals surface area contributed by atoms with Crippen LogP contribution in [0.15, 0.2) is 52.3 Å². The van der Waals surface area contributed by atoms with E-state index in [0.717, 1.165) is 21.8 Å². The molecule has 2 aliphatic heterocycles. The Hall–Kier alpha value is -2.77. The molecule has 0 unspecified atom stereocenters. The van der Waals surface area contributed by atoms with E-state index >= 15 is 0 Å². The van der Waals surface area contributed by atoms with Gasteiger partial charge in [0.1, 0.15) is 13.3 Å². The lowest BCUT2D eigenvalue weighted by atomic mass is 10.2.